The van der Waals surface area contributed by atoms with Crippen LogP contribution in [-0.2, 0) is 11.2 Å². The molecule has 3 aromatic rings. The molecule has 0 saturated heterocycles. The molecule has 6 heteroatoms. The molecular formula is C17H12ClFN2O2. The van der Waals surface area contributed by atoms with Gasteiger partial charge in [0.1, 0.15) is 5.82 Å². The zero-order valence-electron chi connectivity index (χ0n) is 11.9. The van der Waals surface area contributed by atoms with E-state index < -0.39 is 0 Å². The summed E-state index contributed by atoms with van der Waals surface area (Å²) in [6.45, 7) is 0. The SMILES string of the molecule is O=C(Cc1cc(-c2ccc(F)cc2)on1)Nc1cccc(Cl)c1. The second-order valence-corrected chi connectivity index (χ2v) is 5.36. The van der Waals surface area contributed by atoms with Crippen molar-refractivity contribution in [1.29, 1.82) is 0 Å². The molecule has 0 spiro atoms. The van der Waals surface area contributed by atoms with Crippen LogP contribution in [0.25, 0.3) is 11.3 Å². The van der Waals surface area contributed by atoms with Gasteiger partial charge >= 0.3 is 0 Å². The minimum absolute atomic E-state index is 0.0667. The summed E-state index contributed by atoms with van der Waals surface area (Å²) in [7, 11) is 0. The Balaban J connectivity index is 1.66. The van der Waals surface area contributed by atoms with Crippen LogP contribution in [0.2, 0.25) is 5.02 Å². The molecule has 0 unspecified atom stereocenters. The van der Waals surface area contributed by atoms with Crippen LogP contribution in [0.1, 0.15) is 5.69 Å². The highest BCUT2D eigenvalue weighted by atomic mass is 35.5. The molecule has 0 saturated carbocycles. The molecule has 1 heterocycles. The van der Waals surface area contributed by atoms with Gasteiger partial charge < -0.3 is 9.84 Å². The first kappa shape index (κ1) is 15.2. The number of nitrogens with zero attached hydrogens (tertiary/aromatic N) is 1. The Morgan fingerprint density at radius 2 is 1.96 bits per heavy atom. The molecule has 0 atom stereocenters. The Labute approximate surface area is 136 Å². The molecule has 3 rings (SSSR count). The van der Waals surface area contributed by atoms with Crippen molar-refractivity contribution in [3.63, 3.8) is 0 Å². The summed E-state index contributed by atoms with van der Waals surface area (Å²) < 4.78 is 18.1. The number of benzene rings is 2. The van der Waals surface area contributed by atoms with Crippen LogP contribution in [0.15, 0.2) is 59.1 Å². The van der Waals surface area contributed by atoms with Gasteiger partial charge in [-0.3, -0.25) is 4.79 Å². The lowest BCUT2D eigenvalue weighted by atomic mass is 10.1. The summed E-state index contributed by atoms with van der Waals surface area (Å²) in [5, 5.41) is 7.14. The van der Waals surface area contributed by atoms with Crippen LogP contribution >= 0.6 is 11.6 Å². The first-order chi connectivity index (χ1) is 11.1. The molecule has 0 radical (unpaired) electrons. The van der Waals surface area contributed by atoms with E-state index in [1.807, 2.05) is 0 Å². The van der Waals surface area contributed by atoms with Crippen molar-refractivity contribution in [3.8, 4) is 11.3 Å². The number of amides is 1. The summed E-state index contributed by atoms with van der Waals surface area (Å²) >= 11 is 5.87. The van der Waals surface area contributed by atoms with E-state index in [4.69, 9.17) is 16.1 Å². The van der Waals surface area contributed by atoms with Crippen LogP contribution in [-0.4, -0.2) is 11.1 Å². The highest BCUT2D eigenvalue weighted by Crippen LogP contribution is 2.21. The van der Waals surface area contributed by atoms with Crippen LogP contribution in [0, 0.1) is 5.82 Å². The zero-order valence-corrected chi connectivity index (χ0v) is 12.7. The van der Waals surface area contributed by atoms with Gasteiger partial charge in [-0.05, 0) is 42.5 Å². The van der Waals surface area contributed by atoms with E-state index in [2.05, 4.69) is 10.5 Å². The smallest absolute Gasteiger partial charge is 0.230 e. The van der Waals surface area contributed by atoms with Gasteiger partial charge in [-0.15, -0.1) is 0 Å². The van der Waals surface area contributed by atoms with Crippen LogP contribution in [0.3, 0.4) is 0 Å². The molecule has 4 nitrogen and oxygen atoms in total. The fraction of sp³-hybridized carbons (Fsp3) is 0.0588. The van der Waals surface area contributed by atoms with Crippen molar-refractivity contribution < 1.29 is 13.7 Å². The van der Waals surface area contributed by atoms with E-state index in [9.17, 15) is 9.18 Å². The lowest BCUT2D eigenvalue weighted by molar-refractivity contribution is -0.115. The second-order valence-electron chi connectivity index (χ2n) is 4.92. The summed E-state index contributed by atoms with van der Waals surface area (Å²) in [5.74, 6) is -0.0730. The molecule has 23 heavy (non-hydrogen) atoms. The second kappa shape index (κ2) is 6.62. The van der Waals surface area contributed by atoms with Gasteiger partial charge in [-0.2, -0.15) is 0 Å². The predicted octanol–water partition coefficient (Wildman–Crippen LogP) is 4.32. The largest absolute Gasteiger partial charge is 0.356 e. The third-order valence-corrected chi connectivity index (χ3v) is 3.37. The predicted molar refractivity (Wildman–Crippen MR) is 85.7 cm³/mol. The molecule has 0 bridgehead atoms. The molecule has 0 aliphatic carbocycles. The van der Waals surface area contributed by atoms with Gasteiger partial charge in [0.2, 0.25) is 5.91 Å². The maximum absolute atomic E-state index is 12.9. The summed E-state index contributed by atoms with van der Waals surface area (Å²) in [6.07, 6.45) is 0.0667. The van der Waals surface area contributed by atoms with Crippen LogP contribution in [0.5, 0.6) is 0 Å². The van der Waals surface area contributed by atoms with E-state index in [0.717, 1.165) is 0 Å². The molecular weight excluding hydrogens is 319 g/mol. The minimum atomic E-state index is -0.325. The first-order valence-electron chi connectivity index (χ1n) is 6.87. The summed E-state index contributed by atoms with van der Waals surface area (Å²) in [6, 6.07) is 14.4. The van der Waals surface area contributed by atoms with Gasteiger partial charge in [0.05, 0.1) is 12.1 Å². The van der Waals surface area contributed by atoms with Gasteiger partial charge in [0, 0.05) is 22.3 Å². The summed E-state index contributed by atoms with van der Waals surface area (Å²) in [5.41, 5.74) is 1.80. The molecule has 0 aliphatic rings. The van der Waals surface area contributed by atoms with E-state index in [0.29, 0.717) is 27.7 Å². The van der Waals surface area contributed by atoms with E-state index in [1.54, 1.807) is 42.5 Å². The van der Waals surface area contributed by atoms with E-state index in [1.165, 1.54) is 12.1 Å². The molecule has 1 aromatic heterocycles. The van der Waals surface area contributed by atoms with Gasteiger partial charge in [0.15, 0.2) is 5.76 Å². The average molecular weight is 331 g/mol. The maximum Gasteiger partial charge on any atom is 0.230 e. The fourth-order valence-electron chi connectivity index (χ4n) is 2.08. The molecule has 0 fully saturated rings. The zero-order chi connectivity index (χ0) is 16.2. The van der Waals surface area contributed by atoms with Crippen molar-refractivity contribution in [2.75, 3.05) is 5.32 Å². The number of anilines is 1. The average Bonchev–Trinajstić information content (AvgIpc) is 2.96. The Kier molecular flexibility index (Phi) is 4.39. The number of hydrogen-bond acceptors (Lipinski definition) is 3. The first-order valence-corrected chi connectivity index (χ1v) is 7.25. The van der Waals surface area contributed by atoms with Crippen LogP contribution in [0.4, 0.5) is 10.1 Å². The number of rotatable bonds is 4. The highest BCUT2D eigenvalue weighted by Gasteiger charge is 2.11. The lowest BCUT2D eigenvalue weighted by Crippen LogP contribution is -2.14. The van der Waals surface area contributed by atoms with Crippen molar-refractivity contribution in [3.05, 3.63) is 71.1 Å². The van der Waals surface area contributed by atoms with E-state index >= 15 is 0 Å². The van der Waals surface area contributed by atoms with Crippen molar-refractivity contribution in [2.24, 2.45) is 0 Å². The number of aromatic nitrogens is 1. The topological polar surface area (TPSA) is 55.1 Å². The number of nitrogens with one attached hydrogen (secondary N) is 1. The van der Waals surface area contributed by atoms with Crippen LogP contribution < -0.4 is 5.32 Å². The highest BCUT2D eigenvalue weighted by molar-refractivity contribution is 6.30. The quantitative estimate of drug-likeness (QED) is 0.775. The monoisotopic (exact) mass is 330 g/mol. The fourth-order valence-corrected chi connectivity index (χ4v) is 2.27. The third kappa shape index (κ3) is 3.96. The Morgan fingerprint density at radius 3 is 2.70 bits per heavy atom. The molecule has 0 aliphatic heterocycles. The normalized spacial score (nSPS) is 10.5. The molecule has 2 aromatic carbocycles. The standard InChI is InChI=1S/C17H12ClFN2O2/c18-12-2-1-3-14(8-12)20-17(22)10-15-9-16(23-21-15)11-4-6-13(19)7-5-11/h1-9H,10H2,(H,20,22). The molecule has 1 N–H and O–H groups in total. The number of carbonyl (C=O) groups is 1. The van der Waals surface area contributed by atoms with Gasteiger partial charge in [0.25, 0.3) is 0 Å². The summed E-state index contributed by atoms with van der Waals surface area (Å²) in [4.78, 5) is 12.0. The van der Waals surface area contributed by atoms with Gasteiger partial charge in [-0.25, -0.2) is 4.39 Å². The lowest BCUT2D eigenvalue weighted by Gasteiger charge is -2.03. The Morgan fingerprint density at radius 1 is 1.17 bits per heavy atom. The van der Waals surface area contributed by atoms with Crippen molar-refractivity contribution in [2.45, 2.75) is 6.42 Å². The van der Waals surface area contributed by atoms with Crippen molar-refractivity contribution in [1.82, 2.24) is 5.16 Å². The number of carbonyl (C=O) groups excluding carboxylic acids is 1. The van der Waals surface area contributed by atoms with E-state index in [-0.39, 0.29) is 18.1 Å². The molecule has 116 valence electrons. The molecule has 1 amide bonds. The Bertz CT molecular complexity index is 831. The van der Waals surface area contributed by atoms with Gasteiger partial charge in [-0.1, -0.05) is 22.8 Å². The number of halogens is 2. The number of hydrogen-bond donors (Lipinski definition) is 1. The van der Waals surface area contributed by atoms with Crippen molar-refractivity contribution >= 4 is 23.2 Å². The maximum atomic E-state index is 12.9. The minimum Gasteiger partial charge on any atom is -0.356 e. The third-order valence-electron chi connectivity index (χ3n) is 3.14. The Hall–Kier alpha value is -2.66.